The highest BCUT2D eigenvalue weighted by Crippen LogP contribution is 2.25. The Kier molecular flexibility index (Phi) is 3.54. The van der Waals surface area contributed by atoms with Crippen molar-refractivity contribution >= 4 is 11.7 Å². The van der Waals surface area contributed by atoms with Crippen molar-refractivity contribution in [1.29, 1.82) is 0 Å². The van der Waals surface area contributed by atoms with E-state index in [2.05, 4.69) is 0 Å². The van der Waals surface area contributed by atoms with Crippen LogP contribution in [0.2, 0.25) is 0 Å². The third-order valence-electron chi connectivity index (χ3n) is 3.55. The molecule has 0 aliphatic carbocycles. The molecule has 104 valence electrons. The number of amides is 2. The lowest BCUT2D eigenvalue weighted by atomic mass is 9.98. The van der Waals surface area contributed by atoms with Crippen LogP contribution in [0.25, 0.3) is 0 Å². The van der Waals surface area contributed by atoms with Gasteiger partial charge < -0.3 is 10.0 Å². The molecular formula is C15H22N2O2. The molecule has 1 N–H and O–H groups in total. The van der Waals surface area contributed by atoms with Crippen molar-refractivity contribution in [1.82, 2.24) is 4.90 Å². The summed E-state index contributed by atoms with van der Waals surface area (Å²) in [5, 5.41) is 9.92. The Balaban J connectivity index is 2.18. The van der Waals surface area contributed by atoms with Crippen molar-refractivity contribution in [2.24, 2.45) is 0 Å². The molecule has 0 spiro atoms. The summed E-state index contributed by atoms with van der Waals surface area (Å²) < 4.78 is 0. The Bertz CT molecular complexity index is 460. The van der Waals surface area contributed by atoms with E-state index in [1.165, 1.54) is 0 Å². The van der Waals surface area contributed by atoms with Gasteiger partial charge in [-0.05, 0) is 45.4 Å². The van der Waals surface area contributed by atoms with E-state index in [0.29, 0.717) is 0 Å². The molecule has 1 heterocycles. The van der Waals surface area contributed by atoms with E-state index in [1.807, 2.05) is 43.0 Å². The lowest BCUT2D eigenvalue weighted by Gasteiger charge is -2.23. The van der Waals surface area contributed by atoms with E-state index in [1.54, 1.807) is 18.7 Å². The van der Waals surface area contributed by atoms with Crippen LogP contribution in [0, 0.1) is 0 Å². The number of benzene rings is 1. The number of carbonyl (C=O) groups is 1. The lowest BCUT2D eigenvalue weighted by Crippen LogP contribution is -2.36. The second kappa shape index (κ2) is 4.85. The summed E-state index contributed by atoms with van der Waals surface area (Å²) in [5.41, 5.74) is 0.891. The maximum atomic E-state index is 12.2. The summed E-state index contributed by atoms with van der Waals surface area (Å²) in [6.07, 6.45) is 0. The monoisotopic (exact) mass is 262 g/mol. The van der Waals surface area contributed by atoms with Crippen LogP contribution < -0.4 is 4.90 Å². The van der Waals surface area contributed by atoms with Gasteiger partial charge in [0.2, 0.25) is 0 Å². The first-order chi connectivity index (χ1) is 8.80. The van der Waals surface area contributed by atoms with Crippen molar-refractivity contribution in [3.63, 3.8) is 0 Å². The molecule has 1 aliphatic heterocycles. The van der Waals surface area contributed by atoms with Crippen LogP contribution in [0.15, 0.2) is 24.3 Å². The number of aliphatic hydroxyl groups is 1. The number of urea groups is 1. The molecule has 2 amide bonds. The molecule has 1 saturated heterocycles. The molecule has 0 atom stereocenters. The van der Waals surface area contributed by atoms with Gasteiger partial charge in [-0.1, -0.05) is 12.1 Å². The predicted molar refractivity (Wildman–Crippen MR) is 76.3 cm³/mol. The van der Waals surface area contributed by atoms with Gasteiger partial charge >= 0.3 is 6.03 Å². The number of carbonyl (C=O) groups excluding carboxylic acids is 1. The van der Waals surface area contributed by atoms with Crippen LogP contribution in [0.1, 0.15) is 33.3 Å². The molecule has 4 heteroatoms. The van der Waals surface area contributed by atoms with Gasteiger partial charge in [-0.2, -0.15) is 0 Å². The molecular weight excluding hydrogens is 240 g/mol. The minimum absolute atomic E-state index is 0.0611. The predicted octanol–water partition coefficient (Wildman–Crippen LogP) is 2.56. The van der Waals surface area contributed by atoms with E-state index < -0.39 is 5.60 Å². The molecule has 1 aliphatic rings. The van der Waals surface area contributed by atoms with Gasteiger partial charge in [-0.3, -0.25) is 4.90 Å². The number of nitrogens with zero attached hydrogens (tertiary/aromatic N) is 2. The van der Waals surface area contributed by atoms with E-state index in [4.69, 9.17) is 0 Å². The van der Waals surface area contributed by atoms with Gasteiger partial charge in [0.15, 0.2) is 0 Å². The molecule has 0 radical (unpaired) electrons. The van der Waals surface area contributed by atoms with Gasteiger partial charge in [0.1, 0.15) is 0 Å². The molecule has 1 fully saturated rings. The first-order valence-electron chi connectivity index (χ1n) is 6.72. The van der Waals surface area contributed by atoms with Gasteiger partial charge in [-0.15, -0.1) is 0 Å². The number of hydrogen-bond donors (Lipinski definition) is 1. The van der Waals surface area contributed by atoms with E-state index in [9.17, 15) is 9.90 Å². The summed E-state index contributed by atoms with van der Waals surface area (Å²) in [7, 11) is 0. The second-order valence-electron chi connectivity index (χ2n) is 5.83. The highest BCUT2D eigenvalue weighted by molar-refractivity contribution is 5.94. The standard InChI is InChI=1S/C15H22N2O2/c1-11(2)16-9-10-17(14(16)18)13-7-5-12(6-8-13)15(3,4)19/h5-8,11,19H,9-10H2,1-4H3. The minimum Gasteiger partial charge on any atom is -0.386 e. The molecule has 1 aromatic carbocycles. The quantitative estimate of drug-likeness (QED) is 0.909. The molecule has 0 aromatic heterocycles. The molecule has 0 unspecified atom stereocenters. The zero-order valence-corrected chi connectivity index (χ0v) is 12.1. The summed E-state index contributed by atoms with van der Waals surface area (Å²) in [6.45, 7) is 9.05. The molecule has 4 nitrogen and oxygen atoms in total. The van der Waals surface area contributed by atoms with Crippen LogP contribution in [0.3, 0.4) is 0 Å². The normalized spacial score (nSPS) is 16.6. The molecule has 0 saturated carbocycles. The largest absolute Gasteiger partial charge is 0.386 e. The summed E-state index contributed by atoms with van der Waals surface area (Å²) in [4.78, 5) is 15.9. The van der Waals surface area contributed by atoms with Gasteiger partial charge in [0, 0.05) is 24.8 Å². The maximum Gasteiger partial charge on any atom is 0.324 e. The topological polar surface area (TPSA) is 43.8 Å². The number of anilines is 1. The zero-order valence-electron chi connectivity index (χ0n) is 12.1. The summed E-state index contributed by atoms with van der Waals surface area (Å²) in [5.74, 6) is 0. The second-order valence-corrected chi connectivity index (χ2v) is 5.83. The average Bonchev–Trinajstić information content (AvgIpc) is 2.70. The van der Waals surface area contributed by atoms with Crippen molar-refractivity contribution in [3.8, 4) is 0 Å². The van der Waals surface area contributed by atoms with E-state index in [0.717, 1.165) is 24.3 Å². The fourth-order valence-electron chi connectivity index (χ4n) is 2.32. The Labute approximate surface area is 114 Å². The van der Waals surface area contributed by atoms with E-state index in [-0.39, 0.29) is 12.1 Å². The Hall–Kier alpha value is -1.55. The number of rotatable bonds is 3. The Morgan fingerprint density at radius 1 is 1.16 bits per heavy atom. The lowest BCUT2D eigenvalue weighted by molar-refractivity contribution is 0.0786. The number of hydrogen-bond acceptors (Lipinski definition) is 2. The molecule has 2 rings (SSSR count). The fourth-order valence-corrected chi connectivity index (χ4v) is 2.32. The van der Waals surface area contributed by atoms with Crippen LogP contribution >= 0.6 is 0 Å². The summed E-state index contributed by atoms with van der Waals surface area (Å²) >= 11 is 0. The van der Waals surface area contributed by atoms with Crippen molar-refractivity contribution in [2.45, 2.75) is 39.3 Å². The highest BCUT2D eigenvalue weighted by atomic mass is 16.3. The van der Waals surface area contributed by atoms with Gasteiger partial charge in [0.05, 0.1) is 5.60 Å². The van der Waals surface area contributed by atoms with Crippen molar-refractivity contribution < 1.29 is 9.90 Å². The fraction of sp³-hybridized carbons (Fsp3) is 0.533. The van der Waals surface area contributed by atoms with Crippen LogP contribution in [-0.4, -0.2) is 35.2 Å². The van der Waals surface area contributed by atoms with Crippen LogP contribution in [0.4, 0.5) is 10.5 Å². The molecule has 1 aromatic rings. The van der Waals surface area contributed by atoms with Gasteiger partial charge in [-0.25, -0.2) is 4.79 Å². The SMILES string of the molecule is CC(C)N1CCN(c2ccc(C(C)(C)O)cc2)C1=O. The third kappa shape index (κ3) is 2.73. The molecule has 19 heavy (non-hydrogen) atoms. The first-order valence-corrected chi connectivity index (χ1v) is 6.72. The van der Waals surface area contributed by atoms with Crippen LogP contribution in [0.5, 0.6) is 0 Å². The van der Waals surface area contributed by atoms with Crippen molar-refractivity contribution in [2.75, 3.05) is 18.0 Å². The summed E-state index contributed by atoms with van der Waals surface area (Å²) in [6, 6.07) is 7.84. The van der Waals surface area contributed by atoms with E-state index >= 15 is 0 Å². The Morgan fingerprint density at radius 2 is 1.74 bits per heavy atom. The highest BCUT2D eigenvalue weighted by Gasteiger charge is 2.31. The maximum absolute atomic E-state index is 12.2. The third-order valence-corrected chi connectivity index (χ3v) is 3.55. The molecule has 0 bridgehead atoms. The zero-order chi connectivity index (χ0) is 14.2. The van der Waals surface area contributed by atoms with Gasteiger partial charge in [0.25, 0.3) is 0 Å². The Morgan fingerprint density at radius 3 is 2.16 bits per heavy atom. The first kappa shape index (κ1) is 13.9. The minimum atomic E-state index is -0.850. The van der Waals surface area contributed by atoms with Crippen LogP contribution in [-0.2, 0) is 5.60 Å². The van der Waals surface area contributed by atoms with Crippen molar-refractivity contribution in [3.05, 3.63) is 29.8 Å². The smallest absolute Gasteiger partial charge is 0.324 e. The average molecular weight is 262 g/mol.